The SMILES string of the molecule is CCN(C(=O)CCC(=O)O)C1c2ccccc2N(C(=O)c2ccc(SC(F)(F)F)cc2)C2CCC12. The minimum Gasteiger partial charge on any atom is -0.481 e. The smallest absolute Gasteiger partial charge is 0.446 e. The quantitative estimate of drug-likeness (QED) is 0.503. The zero-order valence-corrected chi connectivity index (χ0v) is 19.8. The number of halogens is 3. The number of amides is 2. The number of carbonyl (C=O) groups excluding carboxylic acids is 2. The number of thioether (sulfide) groups is 1. The van der Waals surface area contributed by atoms with E-state index in [4.69, 9.17) is 5.11 Å². The lowest BCUT2D eigenvalue weighted by Gasteiger charge is -2.55. The summed E-state index contributed by atoms with van der Waals surface area (Å²) in [5.74, 6) is -1.58. The maximum atomic E-state index is 13.6. The van der Waals surface area contributed by atoms with Crippen molar-refractivity contribution in [1.82, 2.24) is 4.90 Å². The van der Waals surface area contributed by atoms with Gasteiger partial charge in [0.1, 0.15) is 0 Å². The Labute approximate surface area is 205 Å². The van der Waals surface area contributed by atoms with Crippen LogP contribution in [0.25, 0.3) is 0 Å². The number of hydrogen-bond donors (Lipinski definition) is 1. The molecule has 186 valence electrons. The zero-order chi connectivity index (χ0) is 25.3. The first-order chi connectivity index (χ1) is 16.6. The molecule has 1 heterocycles. The fraction of sp³-hybridized carbons (Fsp3) is 0.400. The Balaban J connectivity index is 1.65. The lowest BCUT2D eigenvalue weighted by Crippen LogP contribution is -2.58. The third kappa shape index (κ3) is 5.17. The van der Waals surface area contributed by atoms with Crippen LogP contribution in [-0.2, 0) is 9.59 Å². The molecule has 1 fully saturated rings. The zero-order valence-electron chi connectivity index (χ0n) is 19.0. The lowest BCUT2D eigenvalue weighted by molar-refractivity contribution is -0.142. The molecular weight excluding hydrogens is 481 g/mol. The first-order valence-electron chi connectivity index (χ1n) is 11.4. The summed E-state index contributed by atoms with van der Waals surface area (Å²) in [6.07, 6.45) is 1.20. The van der Waals surface area contributed by atoms with Crippen LogP contribution >= 0.6 is 11.8 Å². The molecule has 0 bridgehead atoms. The number of fused-ring (bicyclic) bond motifs is 2. The molecule has 0 aromatic heterocycles. The van der Waals surface area contributed by atoms with Gasteiger partial charge in [-0.1, -0.05) is 18.2 Å². The molecule has 2 amide bonds. The minimum absolute atomic E-state index is 0.00754. The molecule has 6 nitrogen and oxygen atoms in total. The van der Waals surface area contributed by atoms with Crippen molar-refractivity contribution in [3.05, 3.63) is 59.7 Å². The molecule has 2 aliphatic rings. The second-order valence-corrected chi connectivity index (χ2v) is 9.77. The molecule has 0 radical (unpaired) electrons. The van der Waals surface area contributed by atoms with Gasteiger partial charge in [0.25, 0.3) is 5.91 Å². The number of nitrogens with zero attached hydrogens (tertiary/aromatic N) is 2. The normalized spacial score (nSPS) is 20.9. The van der Waals surface area contributed by atoms with Gasteiger partial charge in [0, 0.05) is 41.1 Å². The lowest BCUT2D eigenvalue weighted by atomic mass is 9.67. The molecule has 3 unspecified atom stereocenters. The van der Waals surface area contributed by atoms with Crippen molar-refractivity contribution in [3.8, 4) is 0 Å². The van der Waals surface area contributed by atoms with Crippen LogP contribution in [0, 0.1) is 5.92 Å². The van der Waals surface area contributed by atoms with Crippen LogP contribution in [0.15, 0.2) is 53.4 Å². The summed E-state index contributed by atoms with van der Waals surface area (Å²) in [4.78, 5) is 40.9. The van der Waals surface area contributed by atoms with Crippen LogP contribution in [0.5, 0.6) is 0 Å². The predicted molar refractivity (Wildman–Crippen MR) is 125 cm³/mol. The molecule has 0 saturated heterocycles. The van der Waals surface area contributed by atoms with Gasteiger partial charge in [-0.2, -0.15) is 13.2 Å². The van der Waals surface area contributed by atoms with Crippen LogP contribution in [0.2, 0.25) is 0 Å². The summed E-state index contributed by atoms with van der Waals surface area (Å²) in [6.45, 7) is 2.26. The predicted octanol–water partition coefficient (Wildman–Crippen LogP) is 5.49. The summed E-state index contributed by atoms with van der Waals surface area (Å²) < 4.78 is 38.0. The van der Waals surface area contributed by atoms with Crippen LogP contribution in [0.3, 0.4) is 0 Å². The fourth-order valence-electron chi connectivity index (χ4n) is 5.05. The van der Waals surface area contributed by atoms with E-state index < -0.39 is 11.5 Å². The molecule has 0 spiro atoms. The average Bonchev–Trinajstić information content (AvgIpc) is 2.78. The first kappa shape index (κ1) is 25.1. The molecule has 2 aromatic carbocycles. The number of carboxylic acid groups (broad SMARTS) is 1. The van der Waals surface area contributed by atoms with Gasteiger partial charge in [0.05, 0.1) is 12.5 Å². The number of aliphatic carboxylic acids is 1. The summed E-state index contributed by atoms with van der Waals surface area (Å²) >= 11 is -0.227. The Hall–Kier alpha value is -3.01. The Morgan fingerprint density at radius 2 is 1.74 bits per heavy atom. The van der Waals surface area contributed by atoms with E-state index in [1.807, 2.05) is 25.1 Å². The number of para-hydroxylation sites is 1. The topological polar surface area (TPSA) is 77.9 Å². The second kappa shape index (κ2) is 9.93. The van der Waals surface area contributed by atoms with Crippen molar-refractivity contribution >= 4 is 35.2 Å². The van der Waals surface area contributed by atoms with Crippen molar-refractivity contribution in [1.29, 1.82) is 0 Å². The van der Waals surface area contributed by atoms with Crippen molar-refractivity contribution in [2.45, 2.75) is 55.1 Å². The van der Waals surface area contributed by atoms with Crippen LogP contribution in [-0.4, -0.2) is 45.9 Å². The summed E-state index contributed by atoms with van der Waals surface area (Å²) in [6, 6.07) is 12.3. The molecule has 10 heteroatoms. The molecule has 2 aromatic rings. The number of hydrogen-bond acceptors (Lipinski definition) is 4. The van der Waals surface area contributed by atoms with Crippen LogP contribution in [0.4, 0.5) is 18.9 Å². The standard InChI is InChI=1S/C25H25F3N2O4S/c1-2-29(21(31)13-14-22(32)33)23-17-5-3-4-6-19(17)30(20-12-11-18(20)23)24(34)15-7-9-16(10-8-15)35-25(26,27)28/h3-10,18,20,23H,2,11-14H2,1H3,(H,32,33). The molecule has 3 atom stereocenters. The Morgan fingerprint density at radius 1 is 1.06 bits per heavy atom. The monoisotopic (exact) mass is 506 g/mol. The molecule has 35 heavy (non-hydrogen) atoms. The summed E-state index contributed by atoms with van der Waals surface area (Å²) in [5, 5.41) is 9.00. The fourth-order valence-corrected chi connectivity index (χ4v) is 5.59. The first-order valence-corrected chi connectivity index (χ1v) is 12.2. The van der Waals surface area contributed by atoms with Gasteiger partial charge in [0.2, 0.25) is 5.91 Å². The molecule has 1 saturated carbocycles. The number of anilines is 1. The number of rotatable bonds is 7. The van der Waals surface area contributed by atoms with E-state index in [9.17, 15) is 27.6 Å². The van der Waals surface area contributed by atoms with Gasteiger partial charge in [-0.05, 0) is 67.4 Å². The van der Waals surface area contributed by atoms with Crippen molar-refractivity contribution < 1.29 is 32.7 Å². The average molecular weight is 507 g/mol. The van der Waals surface area contributed by atoms with Gasteiger partial charge in [-0.25, -0.2) is 0 Å². The van der Waals surface area contributed by atoms with Gasteiger partial charge in [-0.15, -0.1) is 0 Å². The largest absolute Gasteiger partial charge is 0.481 e. The van der Waals surface area contributed by atoms with E-state index in [2.05, 4.69) is 0 Å². The van der Waals surface area contributed by atoms with Crippen LogP contribution < -0.4 is 4.90 Å². The minimum atomic E-state index is -4.40. The third-order valence-electron chi connectivity index (χ3n) is 6.65. The maximum absolute atomic E-state index is 13.6. The van der Waals surface area contributed by atoms with E-state index in [1.54, 1.807) is 15.9 Å². The number of carbonyl (C=O) groups is 3. The molecule has 1 aliphatic heterocycles. The highest BCUT2D eigenvalue weighted by molar-refractivity contribution is 8.00. The Bertz CT molecular complexity index is 1120. The highest BCUT2D eigenvalue weighted by atomic mass is 32.2. The summed E-state index contributed by atoms with van der Waals surface area (Å²) in [7, 11) is 0. The van der Waals surface area contributed by atoms with Gasteiger partial charge >= 0.3 is 11.5 Å². The number of carboxylic acids is 1. The number of alkyl halides is 3. The number of benzene rings is 2. The molecular formula is C25H25F3N2O4S. The highest BCUT2D eigenvalue weighted by Gasteiger charge is 2.50. The summed E-state index contributed by atoms with van der Waals surface area (Å²) in [5.41, 5.74) is -2.63. The molecule has 1 aliphatic carbocycles. The van der Waals surface area contributed by atoms with E-state index in [-0.39, 0.29) is 59.3 Å². The highest BCUT2D eigenvalue weighted by Crippen LogP contribution is 2.52. The van der Waals surface area contributed by atoms with Gasteiger partial charge < -0.3 is 14.9 Å². The van der Waals surface area contributed by atoms with Gasteiger partial charge in [-0.3, -0.25) is 14.4 Å². The van der Waals surface area contributed by atoms with E-state index in [1.165, 1.54) is 24.3 Å². The van der Waals surface area contributed by atoms with Gasteiger partial charge in [0.15, 0.2) is 0 Å². The van der Waals surface area contributed by atoms with E-state index in [0.29, 0.717) is 17.8 Å². The maximum Gasteiger partial charge on any atom is 0.446 e. The third-order valence-corrected chi connectivity index (χ3v) is 7.38. The van der Waals surface area contributed by atoms with E-state index in [0.717, 1.165) is 18.4 Å². The van der Waals surface area contributed by atoms with Crippen molar-refractivity contribution in [2.24, 2.45) is 5.92 Å². The van der Waals surface area contributed by atoms with E-state index >= 15 is 0 Å². The van der Waals surface area contributed by atoms with Crippen molar-refractivity contribution in [3.63, 3.8) is 0 Å². The molecule has 1 N–H and O–H groups in total. The second-order valence-electron chi connectivity index (χ2n) is 8.63. The Morgan fingerprint density at radius 3 is 2.31 bits per heavy atom. The molecule has 4 rings (SSSR count). The van der Waals surface area contributed by atoms with Crippen molar-refractivity contribution in [2.75, 3.05) is 11.4 Å². The Kier molecular flexibility index (Phi) is 7.12. The van der Waals surface area contributed by atoms with Crippen LogP contribution in [0.1, 0.15) is 54.6 Å².